The number of nitrogens with one attached hydrogen (secondary N) is 2. The molecule has 0 spiro atoms. The van der Waals surface area contributed by atoms with Gasteiger partial charge in [-0.15, -0.1) is 11.6 Å². The molecule has 0 aliphatic rings. The summed E-state index contributed by atoms with van der Waals surface area (Å²) in [6.07, 6.45) is 2.02. The molecule has 0 saturated carbocycles. The van der Waals surface area contributed by atoms with Gasteiger partial charge in [-0.3, -0.25) is 0 Å². The fraction of sp³-hybridized carbons (Fsp3) is 0.176. The first kappa shape index (κ1) is 18.8. The van der Waals surface area contributed by atoms with Crippen LogP contribution in [0.3, 0.4) is 0 Å². The molecule has 0 radical (unpaired) electrons. The highest BCUT2D eigenvalue weighted by Crippen LogP contribution is 2.25. The minimum atomic E-state index is -3.54. The highest BCUT2D eigenvalue weighted by Gasteiger charge is 2.13. The number of fused-ring (bicyclic) bond motifs is 1. The van der Waals surface area contributed by atoms with Crippen molar-refractivity contribution in [1.82, 2.24) is 14.7 Å². The van der Waals surface area contributed by atoms with Gasteiger partial charge in [0.1, 0.15) is 12.1 Å². The van der Waals surface area contributed by atoms with Gasteiger partial charge in [0.05, 0.1) is 10.4 Å². The zero-order valence-electron chi connectivity index (χ0n) is 13.6. The van der Waals surface area contributed by atoms with Gasteiger partial charge in [0.15, 0.2) is 0 Å². The van der Waals surface area contributed by atoms with Crippen molar-refractivity contribution in [2.45, 2.75) is 11.3 Å². The minimum absolute atomic E-state index is 0.192. The van der Waals surface area contributed by atoms with Crippen LogP contribution in [0.25, 0.3) is 10.9 Å². The van der Waals surface area contributed by atoms with Crippen LogP contribution < -0.4 is 10.0 Å². The van der Waals surface area contributed by atoms with Crippen LogP contribution in [0.2, 0.25) is 5.02 Å². The van der Waals surface area contributed by atoms with Crippen molar-refractivity contribution in [3.8, 4) is 0 Å². The number of nitrogens with zero attached hydrogens (tertiary/aromatic N) is 2. The largest absolute Gasteiger partial charge is 0.340 e. The zero-order chi connectivity index (χ0) is 18.6. The summed E-state index contributed by atoms with van der Waals surface area (Å²) < 4.78 is 26.9. The van der Waals surface area contributed by atoms with E-state index in [9.17, 15) is 8.42 Å². The molecule has 0 aliphatic heterocycles. The Balaban J connectivity index is 1.80. The summed E-state index contributed by atoms with van der Waals surface area (Å²) in [4.78, 5) is 8.63. The highest BCUT2D eigenvalue weighted by molar-refractivity contribution is 7.89. The van der Waals surface area contributed by atoms with E-state index in [-0.39, 0.29) is 4.90 Å². The quantitative estimate of drug-likeness (QED) is 0.455. The molecule has 9 heteroatoms. The van der Waals surface area contributed by atoms with Gasteiger partial charge in [-0.05, 0) is 48.9 Å². The van der Waals surface area contributed by atoms with Gasteiger partial charge < -0.3 is 5.32 Å². The molecule has 1 aromatic heterocycles. The molecule has 0 atom stereocenters. The van der Waals surface area contributed by atoms with Crippen molar-refractivity contribution in [1.29, 1.82) is 0 Å². The molecule has 0 amide bonds. The monoisotopic (exact) mass is 410 g/mol. The molecule has 3 aromatic rings. The molecule has 0 unspecified atom stereocenters. The number of halogens is 2. The molecule has 2 N–H and O–H groups in total. The number of rotatable bonds is 7. The van der Waals surface area contributed by atoms with Crippen molar-refractivity contribution >= 4 is 55.6 Å². The van der Waals surface area contributed by atoms with Crippen LogP contribution in [0.1, 0.15) is 6.42 Å². The van der Waals surface area contributed by atoms with Crippen molar-refractivity contribution in [3.63, 3.8) is 0 Å². The molecular formula is C17H16Cl2N4O2S. The molecule has 0 bridgehead atoms. The standard InChI is InChI=1S/C17H16Cl2N4O2S/c18-8-1-9-22-26(24,25)14-5-3-13(4-6-14)23-17-15-7-2-12(19)10-16(15)20-11-21-17/h2-7,10-11,22H,1,8-9H2,(H,20,21,23). The van der Waals surface area contributed by atoms with Crippen LogP contribution in [0.5, 0.6) is 0 Å². The Morgan fingerprint density at radius 3 is 2.54 bits per heavy atom. The number of aromatic nitrogens is 2. The van der Waals surface area contributed by atoms with Crippen LogP contribution in [-0.2, 0) is 10.0 Å². The molecular weight excluding hydrogens is 395 g/mol. The van der Waals surface area contributed by atoms with E-state index in [4.69, 9.17) is 23.2 Å². The SMILES string of the molecule is O=S(=O)(NCCCCl)c1ccc(Nc2ncnc3cc(Cl)ccc23)cc1. The summed E-state index contributed by atoms with van der Waals surface area (Å²) in [5, 5.41) is 4.58. The first-order valence-corrected chi connectivity index (χ1v) is 10.2. The Morgan fingerprint density at radius 1 is 1.04 bits per heavy atom. The third-order valence-electron chi connectivity index (χ3n) is 3.63. The third kappa shape index (κ3) is 4.42. The molecule has 0 fully saturated rings. The number of hydrogen-bond acceptors (Lipinski definition) is 5. The molecule has 0 aliphatic carbocycles. The van der Waals surface area contributed by atoms with Gasteiger partial charge in [-0.1, -0.05) is 11.6 Å². The second kappa shape index (κ2) is 8.18. The molecule has 6 nitrogen and oxygen atoms in total. The molecule has 136 valence electrons. The van der Waals surface area contributed by atoms with Crippen molar-refractivity contribution in [2.75, 3.05) is 17.7 Å². The van der Waals surface area contributed by atoms with Gasteiger partial charge in [-0.25, -0.2) is 23.1 Å². The lowest BCUT2D eigenvalue weighted by molar-refractivity contribution is 0.581. The van der Waals surface area contributed by atoms with Crippen molar-refractivity contribution in [3.05, 3.63) is 53.8 Å². The Bertz CT molecular complexity index is 1010. The topological polar surface area (TPSA) is 84.0 Å². The number of sulfonamides is 1. The molecule has 1 heterocycles. The van der Waals surface area contributed by atoms with Crippen LogP contribution in [0.15, 0.2) is 53.7 Å². The van der Waals surface area contributed by atoms with Gasteiger partial charge in [0.25, 0.3) is 0 Å². The predicted octanol–water partition coefficient (Wildman–Crippen LogP) is 3.93. The first-order valence-electron chi connectivity index (χ1n) is 7.82. The fourth-order valence-electron chi connectivity index (χ4n) is 2.34. The first-order chi connectivity index (χ1) is 12.5. The molecule has 26 heavy (non-hydrogen) atoms. The van der Waals surface area contributed by atoms with Crippen LogP contribution in [0, 0.1) is 0 Å². The number of hydrogen-bond donors (Lipinski definition) is 2. The minimum Gasteiger partial charge on any atom is -0.340 e. The second-order valence-corrected chi connectivity index (χ2v) is 8.05. The normalized spacial score (nSPS) is 11.6. The Kier molecular flexibility index (Phi) is 5.93. The summed E-state index contributed by atoms with van der Waals surface area (Å²) >= 11 is 11.5. The lowest BCUT2D eigenvalue weighted by Gasteiger charge is -2.10. The summed E-state index contributed by atoms with van der Waals surface area (Å²) in [6.45, 7) is 0.307. The van der Waals surface area contributed by atoms with E-state index in [2.05, 4.69) is 20.0 Å². The van der Waals surface area contributed by atoms with Gasteiger partial charge in [0.2, 0.25) is 10.0 Å². The Hall–Kier alpha value is -1.93. The van der Waals surface area contributed by atoms with E-state index in [1.54, 1.807) is 24.3 Å². The molecule has 2 aromatic carbocycles. The van der Waals surface area contributed by atoms with E-state index in [1.807, 2.05) is 6.07 Å². The van der Waals surface area contributed by atoms with E-state index in [0.717, 1.165) is 10.9 Å². The Morgan fingerprint density at radius 2 is 1.81 bits per heavy atom. The lowest BCUT2D eigenvalue weighted by atomic mass is 10.2. The maximum atomic E-state index is 12.2. The Labute approximate surface area is 161 Å². The van der Waals surface area contributed by atoms with Crippen LogP contribution in [0.4, 0.5) is 11.5 Å². The van der Waals surface area contributed by atoms with Gasteiger partial charge in [-0.2, -0.15) is 0 Å². The number of benzene rings is 2. The van der Waals surface area contributed by atoms with E-state index >= 15 is 0 Å². The molecule has 0 saturated heterocycles. The van der Waals surface area contributed by atoms with E-state index < -0.39 is 10.0 Å². The second-order valence-electron chi connectivity index (χ2n) is 5.47. The summed E-state index contributed by atoms with van der Waals surface area (Å²) in [5.74, 6) is 1.02. The maximum Gasteiger partial charge on any atom is 0.240 e. The van der Waals surface area contributed by atoms with E-state index in [1.165, 1.54) is 18.5 Å². The average Bonchev–Trinajstić information content (AvgIpc) is 2.62. The smallest absolute Gasteiger partial charge is 0.240 e. The van der Waals surface area contributed by atoms with Crippen LogP contribution in [-0.4, -0.2) is 30.8 Å². The van der Waals surface area contributed by atoms with Crippen molar-refractivity contribution in [2.24, 2.45) is 0 Å². The predicted molar refractivity (Wildman–Crippen MR) is 105 cm³/mol. The molecule has 3 rings (SSSR count). The summed E-state index contributed by atoms with van der Waals surface area (Å²) in [6, 6.07) is 11.8. The zero-order valence-corrected chi connectivity index (χ0v) is 15.9. The van der Waals surface area contributed by atoms with Crippen LogP contribution >= 0.6 is 23.2 Å². The van der Waals surface area contributed by atoms with Gasteiger partial charge in [0, 0.05) is 28.5 Å². The summed E-state index contributed by atoms with van der Waals surface area (Å²) in [7, 11) is -3.54. The number of anilines is 2. The van der Waals surface area contributed by atoms with Crippen molar-refractivity contribution < 1.29 is 8.42 Å². The maximum absolute atomic E-state index is 12.2. The number of alkyl halides is 1. The van der Waals surface area contributed by atoms with Gasteiger partial charge >= 0.3 is 0 Å². The lowest BCUT2D eigenvalue weighted by Crippen LogP contribution is -2.24. The van der Waals surface area contributed by atoms with E-state index in [0.29, 0.717) is 35.4 Å². The highest BCUT2D eigenvalue weighted by atomic mass is 35.5. The fourth-order valence-corrected chi connectivity index (χ4v) is 3.71. The average molecular weight is 411 g/mol. The summed E-state index contributed by atoms with van der Waals surface area (Å²) in [5.41, 5.74) is 1.43. The third-order valence-corrected chi connectivity index (χ3v) is 5.61.